The molecule has 21 heavy (non-hydrogen) atoms. The second-order valence-electron chi connectivity index (χ2n) is 6.52. The van der Waals surface area contributed by atoms with Crippen molar-refractivity contribution in [2.24, 2.45) is 5.92 Å². The molecule has 2 heterocycles. The van der Waals surface area contributed by atoms with E-state index in [4.69, 9.17) is 0 Å². The number of carbonyl (C=O) groups excluding carboxylic acids is 2. The van der Waals surface area contributed by atoms with E-state index in [1.54, 1.807) is 19.0 Å². The van der Waals surface area contributed by atoms with Crippen LogP contribution in [-0.4, -0.2) is 60.9 Å². The SMILES string of the molecule is CN(C)C(=O)C1CCN(C(=O)C2(C)CCCCN2)CC1.Cl. The number of carbonyl (C=O) groups is 2. The minimum Gasteiger partial charge on any atom is -0.349 e. The molecule has 2 fully saturated rings. The number of piperidine rings is 2. The summed E-state index contributed by atoms with van der Waals surface area (Å²) in [7, 11) is 3.60. The van der Waals surface area contributed by atoms with Gasteiger partial charge in [0.2, 0.25) is 11.8 Å². The van der Waals surface area contributed by atoms with Crippen LogP contribution in [0, 0.1) is 5.92 Å². The van der Waals surface area contributed by atoms with E-state index in [1.807, 2.05) is 11.8 Å². The summed E-state index contributed by atoms with van der Waals surface area (Å²) >= 11 is 0. The Morgan fingerprint density at radius 3 is 2.29 bits per heavy atom. The number of amides is 2. The smallest absolute Gasteiger partial charge is 0.242 e. The molecule has 0 aromatic carbocycles. The Bertz CT molecular complexity index is 373. The zero-order valence-corrected chi connectivity index (χ0v) is 14.2. The van der Waals surface area contributed by atoms with Crippen molar-refractivity contribution in [1.82, 2.24) is 15.1 Å². The topological polar surface area (TPSA) is 52.7 Å². The minimum atomic E-state index is -0.392. The van der Waals surface area contributed by atoms with Crippen molar-refractivity contribution in [2.75, 3.05) is 33.7 Å². The summed E-state index contributed by atoms with van der Waals surface area (Å²) < 4.78 is 0. The van der Waals surface area contributed by atoms with Crippen molar-refractivity contribution in [3.8, 4) is 0 Å². The maximum absolute atomic E-state index is 12.7. The minimum absolute atomic E-state index is 0. The molecule has 0 aliphatic carbocycles. The van der Waals surface area contributed by atoms with Gasteiger partial charge in [-0.2, -0.15) is 0 Å². The monoisotopic (exact) mass is 317 g/mol. The lowest BCUT2D eigenvalue weighted by atomic mass is 9.87. The van der Waals surface area contributed by atoms with Crippen LogP contribution in [0.1, 0.15) is 39.0 Å². The second-order valence-corrected chi connectivity index (χ2v) is 6.52. The fourth-order valence-corrected chi connectivity index (χ4v) is 3.28. The van der Waals surface area contributed by atoms with Crippen molar-refractivity contribution < 1.29 is 9.59 Å². The number of hydrogen-bond donors (Lipinski definition) is 1. The summed E-state index contributed by atoms with van der Waals surface area (Å²) in [5.74, 6) is 0.494. The van der Waals surface area contributed by atoms with E-state index >= 15 is 0 Å². The fourth-order valence-electron chi connectivity index (χ4n) is 3.28. The molecule has 2 saturated heterocycles. The van der Waals surface area contributed by atoms with Crippen LogP contribution in [0.3, 0.4) is 0 Å². The first kappa shape index (κ1) is 18.2. The number of nitrogens with zero attached hydrogens (tertiary/aromatic N) is 2. The Labute approximate surface area is 133 Å². The maximum Gasteiger partial charge on any atom is 0.242 e. The number of nitrogens with one attached hydrogen (secondary N) is 1. The standard InChI is InChI=1S/C15H27N3O2.ClH/c1-15(8-4-5-9-16-15)14(20)18-10-6-12(7-11-18)13(19)17(2)3;/h12,16H,4-11H2,1-3H3;1H. The van der Waals surface area contributed by atoms with Gasteiger partial charge in [0.25, 0.3) is 0 Å². The molecule has 1 atom stereocenters. The molecule has 0 spiro atoms. The number of likely N-dealkylation sites (tertiary alicyclic amines) is 1. The molecule has 1 N–H and O–H groups in total. The molecule has 0 bridgehead atoms. The first-order valence-corrected chi connectivity index (χ1v) is 7.69. The highest BCUT2D eigenvalue weighted by Gasteiger charge is 2.39. The van der Waals surface area contributed by atoms with Crippen LogP contribution in [0.4, 0.5) is 0 Å². The highest BCUT2D eigenvalue weighted by molar-refractivity contribution is 5.86. The summed E-state index contributed by atoms with van der Waals surface area (Å²) in [6.45, 7) is 4.37. The Hall–Kier alpha value is -0.810. The fraction of sp³-hybridized carbons (Fsp3) is 0.867. The first-order valence-electron chi connectivity index (χ1n) is 7.69. The summed E-state index contributed by atoms with van der Waals surface area (Å²) in [6, 6.07) is 0. The molecule has 5 nitrogen and oxygen atoms in total. The number of rotatable bonds is 2. The lowest BCUT2D eigenvalue weighted by Crippen LogP contribution is -2.59. The third kappa shape index (κ3) is 4.10. The molecular weight excluding hydrogens is 290 g/mol. The van der Waals surface area contributed by atoms with E-state index in [9.17, 15) is 9.59 Å². The van der Waals surface area contributed by atoms with Gasteiger partial charge in [-0.05, 0) is 45.6 Å². The van der Waals surface area contributed by atoms with Gasteiger partial charge >= 0.3 is 0 Å². The molecule has 1 unspecified atom stereocenters. The summed E-state index contributed by atoms with van der Waals surface area (Å²) in [6.07, 6.45) is 4.77. The third-order valence-corrected chi connectivity index (χ3v) is 4.66. The van der Waals surface area contributed by atoms with E-state index in [-0.39, 0.29) is 30.1 Å². The highest BCUT2D eigenvalue weighted by Crippen LogP contribution is 2.25. The molecule has 122 valence electrons. The van der Waals surface area contributed by atoms with Gasteiger partial charge in [0.15, 0.2) is 0 Å². The van der Waals surface area contributed by atoms with Gasteiger partial charge in [0.05, 0.1) is 5.54 Å². The van der Waals surface area contributed by atoms with Gasteiger partial charge in [-0.3, -0.25) is 9.59 Å². The van der Waals surface area contributed by atoms with Crippen molar-refractivity contribution in [2.45, 2.75) is 44.6 Å². The predicted octanol–water partition coefficient (Wildman–Crippen LogP) is 1.27. The lowest BCUT2D eigenvalue weighted by molar-refractivity contribution is -0.143. The molecule has 2 rings (SSSR count). The first-order chi connectivity index (χ1) is 9.44. The zero-order chi connectivity index (χ0) is 14.8. The van der Waals surface area contributed by atoms with Gasteiger partial charge in [0.1, 0.15) is 0 Å². The summed E-state index contributed by atoms with van der Waals surface area (Å²) in [5, 5.41) is 3.38. The van der Waals surface area contributed by atoms with E-state index in [2.05, 4.69) is 5.32 Å². The summed E-state index contributed by atoms with van der Waals surface area (Å²) in [5.41, 5.74) is -0.392. The average molecular weight is 318 g/mol. The van der Waals surface area contributed by atoms with E-state index < -0.39 is 5.54 Å². The van der Waals surface area contributed by atoms with Crippen LogP contribution in [0.15, 0.2) is 0 Å². The Morgan fingerprint density at radius 1 is 1.19 bits per heavy atom. The normalized spacial score (nSPS) is 26.9. The molecule has 0 aromatic heterocycles. The molecule has 6 heteroatoms. The summed E-state index contributed by atoms with van der Waals surface area (Å²) in [4.78, 5) is 28.2. The van der Waals surface area contributed by atoms with E-state index in [0.29, 0.717) is 13.1 Å². The van der Waals surface area contributed by atoms with Crippen molar-refractivity contribution in [3.05, 3.63) is 0 Å². The lowest BCUT2D eigenvalue weighted by Gasteiger charge is -2.40. The molecular formula is C15H28ClN3O2. The maximum atomic E-state index is 12.7. The van der Waals surface area contributed by atoms with E-state index in [0.717, 1.165) is 38.6 Å². The Balaban J connectivity index is 0.00000220. The van der Waals surface area contributed by atoms with Crippen molar-refractivity contribution >= 4 is 24.2 Å². The largest absolute Gasteiger partial charge is 0.349 e. The van der Waals surface area contributed by atoms with Gasteiger partial charge in [0, 0.05) is 33.1 Å². The van der Waals surface area contributed by atoms with Crippen LogP contribution in [0.25, 0.3) is 0 Å². The zero-order valence-electron chi connectivity index (χ0n) is 13.4. The molecule has 2 aliphatic heterocycles. The van der Waals surface area contributed by atoms with Crippen LogP contribution in [-0.2, 0) is 9.59 Å². The molecule has 0 saturated carbocycles. The van der Waals surface area contributed by atoms with Gasteiger partial charge in [-0.1, -0.05) is 0 Å². The second kappa shape index (κ2) is 7.45. The van der Waals surface area contributed by atoms with Crippen molar-refractivity contribution in [1.29, 1.82) is 0 Å². The average Bonchev–Trinajstić information content (AvgIpc) is 2.46. The van der Waals surface area contributed by atoms with Crippen LogP contribution >= 0.6 is 12.4 Å². The van der Waals surface area contributed by atoms with Crippen molar-refractivity contribution in [3.63, 3.8) is 0 Å². The number of hydrogen-bond acceptors (Lipinski definition) is 3. The highest BCUT2D eigenvalue weighted by atomic mass is 35.5. The Morgan fingerprint density at radius 2 is 1.81 bits per heavy atom. The van der Waals surface area contributed by atoms with Crippen LogP contribution < -0.4 is 5.32 Å². The Kier molecular flexibility index (Phi) is 6.47. The third-order valence-electron chi connectivity index (χ3n) is 4.66. The molecule has 0 radical (unpaired) electrons. The van der Waals surface area contributed by atoms with Gasteiger partial charge < -0.3 is 15.1 Å². The van der Waals surface area contributed by atoms with Gasteiger partial charge in [-0.25, -0.2) is 0 Å². The predicted molar refractivity (Wildman–Crippen MR) is 85.5 cm³/mol. The van der Waals surface area contributed by atoms with Crippen LogP contribution in [0.2, 0.25) is 0 Å². The van der Waals surface area contributed by atoms with Crippen LogP contribution in [0.5, 0.6) is 0 Å². The molecule has 2 amide bonds. The quantitative estimate of drug-likeness (QED) is 0.834. The van der Waals surface area contributed by atoms with Gasteiger partial charge in [-0.15, -0.1) is 12.4 Å². The number of halogens is 1. The van der Waals surface area contributed by atoms with E-state index in [1.165, 1.54) is 0 Å². The molecule has 0 aromatic rings. The molecule has 2 aliphatic rings.